The molecule has 0 aliphatic carbocycles. The Balaban J connectivity index is 2.35. The quantitative estimate of drug-likeness (QED) is 0.503. The van der Waals surface area contributed by atoms with Crippen molar-refractivity contribution < 1.29 is 14.8 Å². The van der Waals surface area contributed by atoms with Gasteiger partial charge in [0.15, 0.2) is 0 Å². The van der Waals surface area contributed by atoms with Gasteiger partial charge < -0.3 is 5.11 Å². The Morgan fingerprint density at radius 3 is 2.38 bits per heavy atom. The Kier molecular flexibility index (Phi) is 4.17. The third kappa shape index (κ3) is 3.81. The number of anilines is 1. The Labute approximate surface area is 120 Å². The van der Waals surface area contributed by atoms with E-state index in [0.717, 1.165) is 5.56 Å². The second-order valence-electron chi connectivity index (χ2n) is 4.04. The summed E-state index contributed by atoms with van der Waals surface area (Å²) in [5.74, 6) is 5.69. The summed E-state index contributed by atoms with van der Waals surface area (Å²) in [5.41, 5.74) is 0.796. The van der Waals surface area contributed by atoms with Crippen molar-refractivity contribution in [3.05, 3.63) is 69.8 Å². The SMILES string of the molecule is O=C(O)Nc1ccc(C#Cc2ccccc2)cc1[N+](=O)[O-]. The van der Waals surface area contributed by atoms with Gasteiger partial charge in [-0.3, -0.25) is 15.4 Å². The van der Waals surface area contributed by atoms with Crippen LogP contribution >= 0.6 is 0 Å². The molecule has 6 heteroatoms. The number of carbonyl (C=O) groups is 1. The van der Waals surface area contributed by atoms with E-state index in [-0.39, 0.29) is 11.4 Å². The first kappa shape index (κ1) is 14.1. The molecule has 2 rings (SSSR count). The van der Waals surface area contributed by atoms with Crippen molar-refractivity contribution in [3.63, 3.8) is 0 Å². The van der Waals surface area contributed by atoms with E-state index in [1.807, 2.05) is 35.6 Å². The van der Waals surface area contributed by atoms with Crippen molar-refractivity contribution in [2.45, 2.75) is 0 Å². The van der Waals surface area contributed by atoms with Gasteiger partial charge in [-0.2, -0.15) is 0 Å². The lowest BCUT2D eigenvalue weighted by Crippen LogP contribution is -2.09. The molecule has 0 saturated carbocycles. The van der Waals surface area contributed by atoms with Crippen LogP contribution in [-0.4, -0.2) is 16.1 Å². The minimum absolute atomic E-state index is 0.0854. The normalized spacial score (nSPS) is 9.33. The maximum absolute atomic E-state index is 11.0. The van der Waals surface area contributed by atoms with Crippen LogP contribution in [0.3, 0.4) is 0 Å². The first-order chi connectivity index (χ1) is 10.1. The lowest BCUT2D eigenvalue weighted by molar-refractivity contribution is -0.383. The van der Waals surface area contributed by atoms with Crippen LogP contribution in [0.25, 0.3) is 0 Å². The first-order valence-electron chi connectivity index (χ1n) is 5.92. The molecule has 104 valence electrons. The zero-order valence-corrected chi connectivity index (χ0v) is 10.7. The second-order valence-corrected chi connectivity index (χ2v) is 4.04. The molecule has 1 amide bonds. The van der Waals surface area contributed by atoms with Crippen LogP contribution in [0.4, 0.5) is 16.2 Å². The van der Waals surface area contributed by atoms with E-state index in [2.05, 4.69) is 11.8 Å². The van der Waals surface area contributed by atoms with E-state index in [1.165, 1.54) is 18.2 Å². The molecule has 6 nitrogen and oxygen atoms in total. The van der Waals surface area contributed by atoms with Gasteiger partial charge in [-0.1, -0.05) is 30.0 Å². The van der Waals surface area contributed by atoms with Crippen molar-refractivity contribution in [2.24, 2.45) is 0 Å². The zero-order valence-electron chi connectivity index (χ0n) is 10.7. The molecule has 2 aromatic carbocycles. The van der Waals surface area contributed by atoms with E-state index in [0.29, 0.717) is 5.56 Å². The number of hydrogen-bond acceptors (Lipinski definition) is 3. The molecule has 0 unspecified atom stereocenters. The summed E-state index contributed by atoms with van der Waals surface area (Å²) < 4.78 is 0. The summed E-state index contributed by atoms with van der Waals surface area (Å²) in [6.07, 6.45) is -1.36. The number of amides is 1. The van der Waals surface area contributed by atoms with Crippen LogP contribution in [0.2, 0.25) is 0 Å². The van der Waals surface area contributed by atoms with Crippen LogP contribution in [0.15, 0.2) is 48.5 Å². The Hall–Kier alpha value is -3.33. The van der Waals surface area contributed by atoms with Gasteiger partial charge in [0.05, 0.1) is 4.92 Å². The molecule has 2 aromatic rings. The highest BCUT2D eigenvalue weighted by atomic mass is 16.6. The summed E-state index contributed by atoms with van der Waals surface area (Å²) in [6, 6.07) is 13.3. The van der Waals surface area contributed by atoms with Gasteiger partial charge >= 0.3 is 6.09 Å². The molecule has 0 atom stereocenters. The van der Waals surface area contributed by atoms with E-state index < -0.39 is 11.0 Å². The lowest BCUT2D eigenvalue weighted by atomic mass is 10.1. The number of nitrogens with zero attached hydrogens (tertiary/aromatic N) is 1. The van der Waals surface area contributed by atoms with Gasteiger partial charge in [-0.05, 0) is 24.3 Å². The number of nitro benzene ring substituents is 1. The smallest absolute Gasteiger partial charge is 0.409 e. The lowest BCUT2D eigenvalue weighted by Gasteiger charge is -2.02. The van der Waals surface area contributed by atoms with Crippen molar-refractivity contribution in [3.8, 4) is 11.8 Å². The predicted octanol–water partition coefficient (Wildman–Crippen LogP) is 3.08. The monoisotopic (exact) mass is 282 g/mol. The highest BCUT2D eigenvalue weighted by Crippen LogP contribution is 2.25. The third-order valence-electron chi connectivity index (χ3n) is 2.56. The minimum Gasteiger partial charge on any atom is -0.465 e. The number of nitrogens with one attached hydrogen (secondary N) is 1. The van der Waals surface area contributed by atoms with Gasteiger partial charge in [-0.25, -0.2) is 4.79 Å². The summed E-state index contributed by atoms with van der Waals surface area (Å²) in [4.78, 5) is 20.9. The van der Waals surface area contributed by atoms with Gasteiger partial charge in [0.25, 0.3) is 5.69 Å². The average molecular weight is 282 g/mol. The van der Waals surface area contributed by atoms with E-state index in [4.69, 9.17) is 5.11 Å². The molecule has 0 bridgehead atoms. The van der Waals surface area contributed by atoms with Crippen molar-refractivity contribution in [2.75, 3.05) is 5.32 Å². The first-order valence-corrected chi connectivity index (χ1v) is 5.92. The molecule has 0 aliphatic rings. The summed E-state index contributed by atoms with van der Waals surface area (Å²) >= 11 is 0. The largest absolute Gasteiger partial charge is 0.465 e. The molecule has 0 spiro atoms. The van der Waals surface area contributed by atoms with E-state index >= 15 is 0 Å². The molecule has 0 fully saturated rings. The van der Waals surface area contributed by atoms with Crippen molar-refractivity contribution >= 4 is 17.5 Å². The molecule has 0 radical (unpaired) electrons. The van der Waals surface area contributed by atoms with Gasteiger partial charge in [-0.15, -0.1) is 0 Å². The summed E-state index contributed by atoms with van der Waals surface area (Å²) in [6.45, 7) is 0. The van der Waals surface area contributed by atoms with Gasteiger partial charge in [0, 0.05) is 17.2 Å². The van der Waals surface area contributed by atoms with Gasteiger partial charge in [0.2, 0.25) is 0 Å². The van der Waals surface area contributed by atoms with Crippen LogP contribution in [0, 0.1) is 22.0 Å². The Morgan fingerprint density at radius 2 is 1.76 bits per heavy atom. The van der Waals surface area contributed by atoms with Crippen LogP contribution < -0.4 is 5.32 Å². The van der Waals surface area contributed by atoms with Crippen molar-refractivity contribution in [1.29, 1.82) is 0 Å². The summed E-state index contributed by atoms with van der Waals surface area (Å²) in [5, 5.41) is 21.6. The predicted molar refractivity (Wildman–Crippen MR) is 77.2 cm³/mol. The minimum atomic E-state index is -1.36. The average Bonchev–Trinajstić information content (AvgIpc) is 2.46. The molecule has 0 aliphatic heterocycles. The van der Waals surface area contributed by atoms with E-state index in [9.17, 15) is 14.9 Å². The van der Waals surface area contributed by atoms with Crippen molar-refractivity contribution in [1.82, 2.24) is 0 Å². The highest BCUT2D eigenvalue weighted by Gasteiger charge is 2.15. The second kappa shape index (κ2) is 6.21. The van der Waals surface area contributed by atoms with Crippen LogP contribution in [0.5, 0.6) is 0 Å². The third-order valence-corrected chi connectivity index (χ3v) is 2.56. The fraction of sp³-hybridized carbons (Fsp3) is 0. The molecular weight excluding hydrogens is 272 g/mol. The number of benzene rings is 2. The Morgan fingerprint density at radius 1 is 1.10 bits per heavy atom. The Bertz CT molecular complexity index is 745. The fourth-order valence-electron chi connectivity index (χ4n) is 1.65. The fourth-order valence-corrected chi connectivity index (χ4v) is 1.65. The summed E-state index contributed by atoms with van der Waals surface area (Å²) in [7, 11) is 0. The number of nitro groups is 1. The number of hydrogen-bond donors (Lipinski definition) is 2. The topological polar surface area (TPSA) is 92.5 Å². The molecule has 0 saturated heterocycles. The molecule has 2 N–H and O–H groups in total. The number of carboxylic acid groups (broad SMARTS) is 1. The molecule has 21 heavy (non-hydrogen) atoms. The standard InChI is InChI=1S/C15H10N2O4/c18-15(19)16-13-9-8-12(10-14(13)17(20)21)7-6-11-4-2-1-3-5-11/h1-5,8-10,16H,(H,18,19). The van der Waals surface area contributed by atoms with E-state index in [1.54, 1.807) is 0 Å². The van der Waals surface area contributed by atoms with Gasteiger partial charge in [0.1, 0.15) is 5.69 Å². The maximum Gasteiger partial charge on any atom is 0.409 e. The van der Waals surface area contributed by atoms with Crippen LogP contribution in [-0.2, 0) is 0 Å². The number of rotatable bonds is 2. The van der Waals surface area contributed by atoms with Crippen LogP contribution in [0.1, 0.15) is 11.1 Å². The molecular formula is C15H10N2O4. The zero-order chi connectivity index (χ0) is 15.2. The molecule has 0 heterocycles. The highest BCUT2D eigenvalue weighted by molar-refractivity contribution is 5.86. The molecule has 0 aromatic heterocycles. The maximum atomic E-state index is 11.0.